The molecule has 9 heteroatoms. The number of carbonyl (C=O) groups is 1. The van der Waals surface area contributed by atoms with Crippen LogP contribution in [0.1, 0.15) is 25.7 Å². The zero-order chi connectivity index (χ0) is 16.1. The average Bonchev–Trinajstić information content (AvgIpc) is 3.09. The van der Waals surface area contributed by atoms with Gasteiger partial charge in [-0.25, -0.2) is 0 Å². The molecular formula is C16H27Cl2N5O2. The van der Waals surface area contributed by atoms with E-state index in [1.807, 2.05) is 12.1 Å². The fourth-order valence-corrected chi connectivity index (χ4v) is 3.42. The van der Waals surface area contributed by atoms with E-state index in [0.717, 1.165) is 38.0 Å². The molecule has 1 amide bonds. The molecular weight excluding hydrogens is 365 g/mol. The van der Waals surface area contributed by atoms with Gasteiger partial charge in [0, 0.05) is 38.5 Å². The highest BCUT2D eigenvalue weighted by Crippen LogP contribution is 2.23. The Kier molecular flexibility index (Phi) is 9.42. The Balaban J connectivity index is 0.00000156. The van der Waals surface area contributed by atoms with Crippen LogP contribution in [0.4, 0.5) is 5.82 Å². The van der Waals surface area contributed by atoms with Gasteiger partial charge in [-0.15, -0.1) is 29.9 Å². The summed E-state index contributed by atoms with van der Waals surface area (Å²) in [5, 5.41) is 11.1. The lowest BCUT2D eigenvalue weighted by atomic mass is 9.92. The number of nitrogens with two attached hydrogens (primary N) is 1. The van der Waals surface area contributed by atoms with Crippen LogP contribution in [0, 0.1) is 5.92 Å². The molecule has 0 bridgehead atoms. The molecule has 3 heterocycles. The van der Waals surface area contributed by atoms with Gasteiger partial charge in [-0.1, -0.05) is 0 Å². The van der Waals surface area contributed by atoms with Crippen molar-refractivity contribution in [3.63, 3.8) is 0 Å². The quantitative estimate of drug-likeness (QED) is 0.781. The smallest absolute Gasteiger partial charge is 0.237 e. The number of anilines is 1. The van der Waals surface area contributed by atoms with Crippen molar-refractivity contribution in [2.24, 2.45) is 11.7 Å². The molecule has 2 atom stereocenters. The van der Waals surface area contributed by atoms with Gasteiger partial charge in [0.05, 0.1) is 6.04 Å². The number of rotatable bonds is 5. The van der Waals surface area contributed by atoms with Crippen molar-refractivity contribution >= 4 is 36.5 Å². The third kappa shape index (κ3) is 5.67. The van der Waals surface area contributed by atoms with Gasteiger partial charge < -0.3 is 20.7 Å². The minimum absolute atomic E-state index is 0. The lowest BCUT2D eigenvalue weighted by molar-refractivity contribution is -0.124. The molecule has 25 heavy (non-hydrogen) atoms. The van der Waals surface area contributed by atoms with Crippen molar-refractivity contribution in [3.8, 4) is 0 Å². The van der Waals surface area contributed by atoms with Gasteiger partial charge in [0.15, 0.2) is 5.82 Å². The summed E-state index contributed by atoms with van der Waals surface area (Å²) in [5.74, 6) is 1.05. The van der Waals surface area contributed by atoms with E-state index in [1.165, 1.54) is 0 Å². The normalized spacial score (nSPS) is 21.8. The predicted octanol–water partition coefficient (Wildman–Crippen LogP) is 1.16. The van der Waals surface area contributed by atoms with Crippen molar-refractivity contribution < 1.29 is 9.53 Å². The molecule has 0 aromatic carbocycles. The van der Waals surface area contributed by atoms with Gasteiger partial charge in [-0.05, 0) is 43.7 Å². The van der Waals surface area contributed by atoms with Crippen LogP contribution in [0.3, 0.4) is 0 Å². The number of hydrogen-bond acceptors (Lipinski definition) is 6. The van der Waals surface area contributed by atoms with E-state index in [0.29, 0.717) is 19.8 Å². The molecule has 2 unspecified atom stereocenters. The van der Waals surface area contributed by atoms with Gasteiger partial charge in [-0.3, -0.25) is 4.79 Å². The van der Waals surface area contributed by atoms with E-state index in [2.05, 4.69) is 20.4 Å². The molecule has 0 radical (unpaired) electrons. The van der Waals surface area contributed by atoms with E-state index in [1.54, 1.807) is 6.20 Å². The second kappa shape index (κ2) is 10.8. The Morgan fingerprint density at radius 2 is 2.12 bits per heavy atom. The number of amides is 1. The Morgan fingerprint density at radius 1 is 1.36 bits per heavy atom. The zero-order valence-corrected chi connectivity index (χ0v) is 15.8. The van der Waals surface area contributed by atoms with Gasteiger partial charge in [0.2, 0.25) is 5.91 Å². The van der Waals surface area contributed by atoms with Crippen LogP contribution in [-0.2, 0) is 9.53 Å². The van der Waals surface area contributed by atoms with Crippen molar-refractivity contribution in [2.75, 3.05) is 31.2 Å². The third-order valence-electron chi connectivity index (χ3n) is 4.82. The fraction of sp³-hybridized carbons (Fsp3) is 0.688. The van der Waals surface area contributed by atoms with Crippen LogP contribution in [0.5, 0.6) is 0 Å². The summed E-state index contributed by atoms with van der Waals surface area (Å²) in [4.78, 5) is 14.5. The molecule has 1 aromatic heterocycles. The van der Waals surface area contributed by atoms with Crippen LogP contribution in [0.2, 0.25) is 0 Å². The maximum absolute atomic E-state index is 12.3. The molecule has 1 aromatic rings. The number of ether oxygens (including phenoxy) is 1. The zero-order valence-electron chi connectivity index (χ0n) is 14.2. The molecule has 0 spiro atoms. The van der Waals surface area contributed by atoms with E-state index in [4.69, 9.17) is 10.5 Å². The van der Waals surface area contributed by atoms with Crippen molar-refractivity contribution in [2.45, 2.75) is 37.8 Å². The lowest BCUT2D eigenvalue weighted by Gasteiger charge is -2.29. The molecule has 142 valence electrons. The van der Waals surface area contributed by atoms with E-state index < -0.39 is 6.04 Å². The van der Waals surface area contributed by atoms with Crippen molar-refractivity contribution in [3.05, 3.63) is 18.3 Å². The molecule has 2 aliphatic heterocycles. The summed E-state index contributed by atoms with van der Waals surface area (Å²) < 4.78 is 5.33. The minimum Gasteiger partial charge on any atom is -0.381 e. The summed E-state index contributed by atoms with van der Waals surface area (Å²) >= 11 is 0. The second-order valence-electron chi connectivity index (χ2n) is 6.29. The first-order valence-electron chi connectivity index (χ1n) is 8.41. The molecule has 7 nitrogen and oxygen atoms in total. The summed E-state index contributed by atoms with van der Waals surface area (Å²) in [6.45, 7) is 2.96. The molecule has 2 fully saturated rings. The van der Waals surface area contributed by atoms with Crippen molar-refractivity contribution in [1.29, 1.82) is 0 Å². The molecule has 2 aliphatic rings. The summed E-state index contributed by atoms with van der Waals surface area (Å²) in [5.41, 5.74) is 6.12. The standard InChI is InChI=1S/C16H25N5O2.2ClH/c17-15(12-5-9-23-10-6-12)16(22)18-11-13-3-2-8-21(13)14-4-1-7-19-20-14;;/h1,4,7,12-13,15H,2-3,5-6,8-11,17H2,(H,18,22);2*1H. The predicted molar refractivity (Wildman–Crippen MR) is 101 cm³/mol. The van der Waals surface area contributed by atoms with Gasteiger partial charge in [0.25, 0.3) is 0 Å². The Labute approximate surface area is 160 Å². The van der Waals surface area contributed by atoms with E-state index in [-0.39, 0.29) is 42.7 Å². The van der Waals surface area contributed by atoms with E-state index in [9.17, 15) is 4.79 Å². The fourth-order valence-electron chi connectivity index (χ4n) is 3.42. The highest BCUT2D eigenvalue weighted by molar-refractivity contribution is 5.85. The summed E-state index contributed by atoms with van der Waals surface area (Å²) in [6, 6.07) is 3.67. The Morgan fingerprint density at radius 3 is 2.80 bits per heavy atom. The van der Waals surface area contributed by atoms with Gasteiger partial charge >= 0.3 is 0 Å². The lowest BCUT2D eigenvalue weighted by Crippen LogP contribution is -2.50. The number of aromatic nitrogens is 2. The average molecular weight is 392 g/mol. The maximum atomic E-state index is 12.3. The maximum Gasteiger partial charge on any atom is 0.237 e. The SMILES string of the molecule is Cl.Cl.NC(C(=O)NCC1CCCN1c1cccnn1)C1CCOCC1. The minimum atomic E-state index is -0.440. The van der Waals surface area contributed by atoms with Crippen LogP contribution < -0.4 is 16.0 Å². The molecule has 2 saturated heterocycles. The number of nitrogens with zero attached hydrogens (tertiary/aromatic N) is 3. The molecule has 0 aliphatic carbocycles. The van der Waals surface area contributed by atoms with Crippen LogP contribution in [0.25, 0.3) is 0 Å². The monoisotopic (exact) mass is 391 g/mol. The summed E-state index contributed by atoms with van der Waals surface area (Å²) in [7, 11) is 0. The number of halogens is 2. The highest BCUT2D eigenvalue weighted by Gasteiger charge is 2.29. The number of carbonyl (C=O) groups excluding carboxylic acids is 1. The molecule has 3 N–H and O–H groups in total. The first-order chi connectivity index (χ1) is 11.3. The van der Waals surface area contributed by atoms with Crippen molar-refractivity contribution in [1.82, 2.24) is 15.5 Å². The second-order valence-corrected chi connectivity index (χ2v) is 6.29. The van der Waals surface area contributed by atoms with Crippen LogP contribution in [-0.4, -0.2) is 54.5 Å². The van der Waals surface area contributed by atoms with E-state index >= 15 is 0 Å². The first kappa shape index (κ1) is 21.9. The van der Waals surface area contributed by atoms with Gasteiger partial charge in [0.1, 0.15) is 0 Å². The van der Waals surface area contributed by atoms with Crippen LogP contribution in [0.15, 0.2) is 18.3 Å². The third-order valence-corrected chi connectivity index (χ3v) is 4.82. The van der Waals surface area contributed by atoms with Gasteiger partial charge in [-0.2, -0.15) is 5.10 Å². The number of hydrogen-bond donors (Lipinski definition) is 2. The molecule has 3 rings (SSSR count). The Hall–Kier alpha value is -1.15. The van der Waals surface area contributed by atoms with Crippen LogP contribution >= 0.6 is 24.8 Å². The summed E-state index contributed by atoms with van der Waals surface area (Å²) in [6.07, 6.45) is 5.54. The Bertz CT molecular complexity index is 517. The topological polar surface area (TPSA) is 93.4 Å². The number of nitrogens with one attached hydrogen (secondary N) is 1. The molecule has 0 saturated carbocycles. The largest absolute Gasteiger partial charge is 0.381 e. The first-order valence-corrected chi connectivity index (χ1v) is 8.41. The highest BCUT2D eigenvalue weighted by atomic mass is 35.5.